The van der Waals surface area contributed by atoms with Gasteiger partial charge in [-0.2, -0.15) is 20.4 Å². The highest BCUT2D eigenvalue weighted by Crippen LogP contribution is 2.26. The molecule has 6 amide bonds. The minimum Gasteiger partial charge on any atom is -0.369 e. The van der Waals surface area contributed by atoms with Gasteiger partial charge in [0, 0.05) is 139 Å². The minimum atomic E-state index is -0.189. The molecule has 694 valence electrons. The molecule has 0 bridgehead atoms. The van der Waals surface area contributed by atoms with Crippen molar-refractivity contribution in [2.24, 2.45) is 86.7 Å². The van der Waals surface area contributed by atoms with Crippen LogP contribution in [-0.2, 0) is 28.8 Å². The maximum Gasteiger partial charge on any atom is 0.224 e. The molecule has 0 fully saturated rings. The van der Waals surface area contributed by atoms with Crippen LogP contribution in [0.1, 0.15) is 342 Å². The molecule has 6 rings (SSSR count). The van der Waals surface area contributed by atoms with E-state index in [1.54, 1.807) is 119 Å². The van der Waals surface area contributed by atoms with Gasteiger partial charge < -0.3 is 77.8 Å². The summed E-state index contributed by atoms with van der Waals surface area (Å²) in [6, 6.07) is 29.4. The summed E-state index contributed by atoms with van der Waals surface area (Å²) in [5.74, 6) is -3.06. The number of nitrogens with zero attached hydrogens (tertiary/aromatic N) is 8. The summed E-state index contributed by atoms with van der Waals surface area (Å²) < 4.78 is 0. The van der Waals surface area contributed by atoms with E-state index in [0.717, 1.165) is 77.0 Å². The molecule has 0 aliphatic heterocycles. The van der Waals surface area contributed by atoms with Crippen LogP contribution in [0.5, 0.6) is 0 Å². The molecule has 6 aromatic rings. The molecule has 0 radical (unpaired) electrons. The standard InChI is InChI=1S/C33H48N14O3.C31H40N6O5.C30H36N2O6/c1-19(42-45-31(34)35)23-13-24(20(2)43-46-32(36)37)16-27(15-23)40-29(49)11-9-7-5-6-8-10-12-30(50)41-28-17-25(14-26(18-28)22(4)48)21(3)44-47-33(38)39;1-19(36-37-31(32)33)23-13-24(20(2)38)16-27(15-23)34-29(41)11-9-7-5-6-8-10-12-30(42)35-28-17-25(21(3)39)14-26(18-28)22(4)40;1-19(33)23-13-24(20(2)34)16-27(15-23)31-29(37)11-9-7-5-6-8-10-12-30(38)32-28-17-25(21(3)35)14-26(18-28)22(4)36/h13-18H,5-12H2,1-4H3,(H,40,49)(H,41,50)(H4,34,35,45)(H4,36,37,46)(H4,38,39,47);13-18H,5-12H2,1-4H3,(H,34,41)(H,35,42)(H4,32,33,37);13-18H,5-12H2,1-4H3,(H,31,37)(H,32,38)/b42-19+,43-20+,44-21+;36-19+;. The van der Waals surface area contributed by atoms with E-state index in [9.17, 15) is 67.1 Å². The molecule has 0 aromatic heterocycles. The maximum absolute atomic E-state index is 12.8. The Labute approximate surface area is 757 Å². The zero-order valence-electron chi connectivity index (χ0n) is 76.3. The molecule has 6 aromatic carbocycles. The van der Waals surface area contributed by atoms with Crippen LogP contribution >= 0.6 is 0 Å². The summed E-state index contributed by atoms with van der Waals surface area (Å²) in [4.78, 5) is 169. The number of nitrogens with two attached hydrogens (primary N) is 8. The lowest BCUT2D eigenvalue weighted by Gasteiger charge is -2.11. The highest BCUT2D eigenvalue weighted by molar-refractivity contribution is 6.10. The van der Waals surface area contributed by atoms with Crippen LogP contribution in [0.25, 0.3) is 0 Å². The number of carbonyl (C=O) groups excluding carboxylic acids is 14. The zero-order chi connectivity index (χ0) is 96.7. The summed E-state index contributed by atoms with van der Waals surface area (Å²) in [7, 11) is 0. The second-order valence-electron chi connectivity index (χ2n) is 31.2. The van der Waals surface area contributed by atoms with E-state index >= 15 is 0 Å². The summed E-state index contributed by atoms with van der Waals surface area (Å²) in [5.41, 5.74) is 53.5. The average molecular weight is 1790 g/mol. The molecular weight excluding hydrogens is 1660 g/mol. The van der Waals surface area contributed by atoms with Crippen molar-refractivity contribution in [1.82, 2.24) is 0 Å². The first-order valence-corrected chi connectivity index (χ1v) is 42.8. The molecule has 0 aliphatic rings. The Bertz CT molecular complexity index is 5130. The van der Waals surface area contributed by atoms with E-state index in [2.05, 4.69) is 72.7 Å². The third-order valence-electron chi connectivity index (χ3n) is 19.7. The average Bonchev–Trinajstić information content (AvgIpc) is 0.844. The van der Waals surface area contributed by atoms with Gasteiger partial charge >= 0.3 is 0 Å². The number of amides is 6. The molecule has 0 saturated carbocycles. The summed E-state index contributed by atoms with van der Waals surface area (Å²) >= 11 is 0. The molecule has 0 aliphatic carbocycles. The van der Waals surface area contributed by atoms with Crippen LogP contribution in [-0.4, -0.2) is 128 Å². The Kier molecular flexibility index (Phi) is 46.6. The van der Waals surface area contributed by atoms with Crippen LogP contribution < -0.4 is 77.8 Å². The van der Waals surface area contributed by atoms with Crippen LogP contribution in [0, 0.1) is 0 Å². The normalized spacial score (nSPS) is 11.1. The van der Waals surface area contributed by atoms with Gasteiger partial charge in [0.1, 0.15) is 0 Å². The number of nitrogens with one attached hydrogen (secondary N) is 6. The number of benzene rings is 6. The number of unbranched alkanes of at least 4 members (excludes halogenated alkanes) is 15. The van der Waals surface area contributed by atoms with Crippen molar-refractivity contribution < 1.29 is 67.1 Å². The van der Waals surface area contributed by atoms with Crippen LogP contribution in [0.3, 0.4) is 0 Å². The molecule has 0 saturated heterocycles. The SMILES string of the molecule is CC(=O)c1cc(NC(=O)CCCCCCCCC(=O)Nc2cc(/C(C)=N/N=C(N)N)cc(/C(C)=N/N=C(N)N)c2)cc(/C(C)=N/N=C(N)N)c1.CC(=O)c1cc(NC(=O)CCCCCCCCC(=O)Nc2cc(C(C)=O)cc(/C(C)=N/N=C(N)N)c2)cc(C(C)=O)c1.CC(=O)c1cc(NC(=O)CCCCCCCCC(=O)Nc2cc(C(C)=O)cc(C(C)=O)c2)cc(C(C)=O)c1. The van der Waals surface area contributed by atoms with Crippen molar-refractivity contribution in [2.75, 3.05) is 31.9 Å². The van der Waals surface area contributed by atoms with E-state index in [-0.39, 0.29) is 106 Å². The Hall–Kier alpha value is -14.7. The lowest BCUT2D eigenvalue weighted by molar-refractivity contribution is -0.117. The van der Waals surface area contributed by atoms with E-state index in [0.29, 0.717) is 201 Å². The van der Waals surface area contributed by atoms with E-state index < -0.39 is 0 Å². The minimum absolute atomic E-state index is 0.142. The van der Waals surface area contributed by atoms with E-state index in [4.69, 9.17) is 45.9 Å². The zero-order valence-corrected chi connectivity index (χ0v) is 76.3. The van der Waals surface area contributed by atoms with Crippen molar-refractivity contribution in [3.8, 4) is 0 Å². The third-order valence-corrected chi connectivity index (χ3v) is 19.7. The van der Waals surface area contributed by atoms with Crippen molar-refractivity contribution in [3.63, 3.8) is 0 Å². The number of hydrogen-bond donors (Lipinski definition) is 14. The number of anilines is 6. The molecule has 0 unspecified atom stereocenters. The number of ketones is 8. The summed E-state index contributed by atoms with van der Waals surface area (Å²) in [5, 5.41) is 47.6. The van der Waals surface area contributed by atoms with Crippen molar-refractivity contribution in [3.05, 3.63) is 176 Å². The van der Waals surface area contributed by atoms with Gasteiger partial charge in [0.2, 0.25) is 59.3 Å². The lowest BCUT2D eigenvalue weighted by atomic mass is 10.0. The van der Waals surface area contributed by atoms with Crippen LogP contribution in [0.15, 0.2) is 150 Å². The number of rotatable bonds is 49. The van der Waals surface area contributed by atoms with Crippen molar-refractivity contribution in [1.29, 1.82) is 0 Å². The van der Waals surface area contributed by atoms with Gasteiger partial charge in [-0.05, 0) is 231 Å². The maximum atomic E-state index is 12.8. The van der Waals surface area contributed by atoms with Crippen LogP contribution in [0.2, 0.25) is 0 Å². The number of hydrogen-bond acceptors (Lipinski definition) is 22. The Balaban J connectivity index is 0.000000412. The van der Waals surface area contributed by atoms with Gasteiger partial charge in [0.15, 0.2) is 46.3 Å². The van der Waals surface area contributed by atoms with Crippen LogP contribution in [0.4, 0.5) is 34.1 Å². The molecule has 22 N–H and O–H groups in total. The second-order valence-corrected chi connectivity index (χ2v) is 31.2. The molecule has 0 spiro atoms. The van der Waals surface area contributed by atoms with Gasteiger partial charge in [-0.15, -0.1) is 20.4 Å². The fourth-order valence-electron chi connectivity index (χ4n) is 12.6. The Morgan fingerprint density at radius 3 is 0.423 bits per heavy atom. The first-order valence-electron chi connectivity index (χ1n) is 42.8. The smallest absolute Gasteiger partial charge is 0.224 e. The molecular formula is C94H124N22O14. The predicted octanol–water partition coefficient (Wildman–Crippen LogP) is 13.8. The van der Waals surface area contributed by atoms with E-state index in [1.807, 2.05) is 0 Å². The molecule has 36 nitrogen and oxygen atoms in total. The third kappa shape index (κ3) is 43.0. The Morgan fingerprint density at radius 1 is 0.177 bits per heavy atom. The first-order chi connectivity index (χ1) is 61.4. The molecule has 36 heteroatoms. The molecule has 0 heterocycles. The van der Waals surface area contributed by atoms with Gasteiger partial charge in [-0.3, -0.25) is 67.1 Å². The van der Waals surface area contributed by atoms with Gasteiger partial charge in [-0.1, -0.05) is 77.0 Å². The second kappa shape index (κ2) is 56.4. The van der Waals surface area contributed by atoms with Gasteiger partial charge in [0.05, 0.1) is 22.8 Å². The Morgan fingerprint density at radius 2 is 0.292 bits per heavy atom. The monoisotopic (exact) mass is 1780 g/mol. The van der Waals surface area contributed by atoms with Crippen molar-refractivity contribution in [2.45, 2.75) is 237 Å². The number of guanidine groups is 4. The quantitative estimate of drug-likeness (QED) is 0.00554. The summed E-state index contributed by atoms with van der Waals surface area (Å²) in [6.07, 6.45) is 17.0. The topological polar surface area (TPSA) is 618 Å². The van der Waals surface area contributed by atoms with Gasteiger partial charge in [0.25, 0.3) is 0 Å². The molecule has 130 heavy (non-hydrogen) atoms. The lowest BCUT2D eigenvalue weighted by Crippen LogP contribution is -2.22. The van der Waals surface area contributed by atoms with E-state index in [1.165, 1.54) is 73.6 Å². The fourth-order valence-corrected chi connectivity index (χ4v) is 12.6. The largest absolute Gasteiger partial charge is 0.369 e. The van der Waals surface area contributed by atoms with Gasteiger partial charge in [-0.25, -0.2) is 0 Å². The summed E-state index contributed by atoms with van der Waals surface area (Å²) in [6.45, 7) is 18.2. The highest BCUT2D eigenvalue weighted by atomic mass is 16.2. The first kappa shape index (κ1) is 108. The predicted molar refractivity (Wildman–Crippen MR) is 513 cm³/mol. The molecule has 0 atom stereocenters. The highest BCUT2D eigenvalue weighted by Gasteiger charge is 2.19. The number of Topliss-reactive ketones (excluding diaryl/α,β-unsaturated/α-hetero) is 8. The number of carbonyl (C=O) groups is 14. The fraction of sp³-hybridized carbons (Fsp3) is 0.383. The van der Waals surface area contributed by atoms with Crippen molar-refractivity contribution >= 4 is 163 Å².